The maximum atomic E-state index is 6.01. The highest BCUT2D eigenvalue weighted by Gasteiger charge is 2.25. The first-order chi connectivity index (χ1) is 10.7. The van der Waals surface area contributed by atoms with Crippen molar-refractivity contribution in [3.05, 3.63) is 29.3 Å². The Hall–Kier alpha value is -0.730. The van der Waals surface area contributed by atoms with Crippen LogP contribution in [0.25, 0.3) is 0 Å². The molecule has 2 unspecified atom stereocenters. The molecule has 0 spiro atoms. The molecule has 3 heteroatoms. The normalized spacial score (nSPS) is 27.1. The van der Waals surface area contributed by atoms with Gasteiger partial charge in [-0.25, -0.2) is 0 Å². The molecule has 2 fully saturated rings. The summed E-state index contributed by atoms with van der Waals surface area (Å²) in [6, 6.07) is 8.93. The number of benzene rings is 1. The molecule has 2 atom stereocenters. The van der Waals surface area contributed by atoms with Crippen LogP contribution in [0.4, 0.5) is 5.69 Å². The van der Waals surface area contributed by atoms with Crippen molar-refractivity contribution < 1.29 is 0 Å². The molecule has 22 heavy (non-hydrogen) atoms. The van der Waals surface area contributed by atoms with Crippen molar-refractivity contribution in [2.45, 2.75) is 51.5 Å². The van der Waals surface area contributed by atoms with E-state index < -0.39 is 0 Å². The Labute approximate surface area is 140 Å². The minimum atomic E-state index is 0.626. The van der Waals surface area contributed by atoms with E-state index in [1.165, 1.54) is 50.8 Å². The molecule has 1 aliphatic heterocycles. The first kappa shape index (κ1) is 16.1. The Morgan fingerprint density at radius 3 is 2.55 bits per heavy atom. The third kappa shape index (κ3) is 4.39. The second-order valence-electron chi connectivity index (χ2n) is 7.33. The van der Waals surface area contributed by atoms with Gasteiger partial charge < -0.3 is 10.2 Å². The van der Waals surface area contributed by atoms with Crippen molar-refractivity contribution in [3.63, 3.8) is 0 Å². The molecule has 1 saturated carbocycles. The number of halogens is 1. The van der Waals surface area contributed by atoms with Gasteiger partial charge in [0.2, 0.25) is 0 Å². The van der Waals surface area contributed by atoms with Crippen LogP contribution in [0.5, 0.6) is 0 Å². The highest BCUT2D eigenvalue weighted by molar-refractivity contribution is 6.30. The molecule has 0 bridgehead atoms. The van der Waals surface area contributed by atoms with Crippen LogP contribution < -0.4 is 10.2 Å². The summed E-state index contributed by atoms with van der Waals surface area (Å²) in [5.41, 5.74) is 1.31. The molecule has 1 aromatic rings. The Morgan fingerprint density at radius 2 is 1.82 bits per heavy atom. The van der Waals surface area contributed by atoms with Crippen LogP contribution in [-0.2, 0) is 0 Å². The molecule has 1 aromatic carbocycles. The van der Waals surface area contributed by atoms with Crippen molar-refractivity contribution in [1.82, 2.24) is 5.32 Å². The van der Waals surface area contributed by atoms with E-state index in [-0.39, 0.29) is 0 Å². The van der Waals surface area contributed by atoms with E-state index >= 15 is 0 Å². The van der Waals surface area contributed by atoms with Gasteiger partial charge in [-0.05, 0) is 61.9 Å². The fourth-order valence-electron chi connectivity index (χ4n) is 4.09. The summed E-state index contributed by atoms with van der Waals surface area (Å²) in [5, 5.41) is 4.69. The first-order valence-corrected chi connectivity index (χ1v) is 9.32. The van der Waals surface area contributed by atoms with E-state index in [9.17, 15) is 0 Å². The molecule has 0 aromatic heterocycles. The zero-order valence-corrected chi connectivity index (χ0v) is 14.5. The number of rotatable bonds is 4. The van der Waals surface area contributed by atoms with Crippen LogP contribution in [0.2, 0.25) is 5.02 Å². The lowest BCUT2D eigenvalue weighted by molar-refractivity contribution is 0.295. The van der Waals surface area contributed by atoms with Crippen LogP contribution in [0, 0.1) is 11.8 Å². The van der Waals surface area contributed by atoms with E-state index in [0.29, 0.717) is 6.04 Å². The van der Waals surface area contributed by atoms with Crippen LogP contribution in [0.1, 0.15) is 45.4 Å². The Kier molecular flexibility index (Phi) is 5.65. The summed E-state index contributed by atoms with van der Waals surface area (Å²) >= 11 is 6.01. The molecule has 1 heterocycles. The van der Waals surface area contributed by atoms with Crippen LogP contribution in [-0.4, -0.2) is 25.7 Å². The van der Waals surface area contributed by atoms with E-state index in [1.54, 1.807) is 0 Å². The standard InChI is InChI=1S/C19H29ClN2/c1-15-11-18(21-12-16-5-3-2-4-6-16)14-22(13-15)19-9-7-17(20)8-10-19/h7-10,15-16,18,21H,2-6,11-14H2,1H3. The molecule has 2 nitrogen and oxygen atoms in total. The lowest BCUT2D eigenvalue weighted by atomic mass is 9.88. The SMILES string of the molecule is CC1CC(NCC2CCCCC2)CN(c2ccc(Cl)cc2)C1. The lowest BCUT2D eigenvalue weighted by Gasteiger charge is -2.39. The molecule has 0 radical (unpaired) electrons. The van der Waals surface area contributed by atoms with Crippen molar-refractivity contribution in [2.24, 2.45) is 11.8 Å². The average molecular weight is 321 g/mol. The number of hydrogen-bond acceptors (Lipinski definition) is 2. The number of anilines is 1. The highest BCUT2D eigenvalue weighted by Crippen LogP contribution is 2.26. The monoisotopic (exact) mass is 320 g/mol. The number of hydrogen-bond donors (Lipinski definition) is 1. The third-order valence-corrected chi connectivity index (χ3v) is 5.52. The van der Waals surface area contributed by atoms with Gasteiger partial charge in [0.05, 0.1) is 0 Å². The average Bonchev–Trinajstić information content (AvgIpc) is 2.54. The minimum absolute atomic E-state index is 0.626. The largest absolute Gasteiger partial charge is 0.370 e. The second-order valence-corrected chi connectivity index (χ2v) is 7.77. The smallest absolute Gasteiger partial charge is 0.0407 e. The van der Waals surface area contributed by atoms with Crippen LogP contribution in [0.15, 0.2) is 24.3 Å². The predicted molar refractivity (Wildman–Crippen MR) is 95.8 cm³/mol. The summed E-state index contributed by atoms with van der Waals surface area (Å²) in [7, 11) is 0. The molecular formula is C19H29ClN2. The number of nitrogens with one attached hydrogen (secondary N) is 1. The van der Waals surface area contributed by atoms with Crippen molar-refractivity contribution in [3.8, 4) is 0 Å². The molecule has 0 amide bonds. The van der Waals surface area contributed by atoms with Gasteiger partial charge in [-0.15, -0.1) is 0 Å². The summed E-state index contributed by atoms with van der Waals surface area (Å²) in [5.74, 6) is 1.66. The van der Waals surface area contributed by atoms with Crippen molar-refractivity contribution in [2.75, 3.05) is 24.5 Å². The van der Waals surface area contributed by atoms with Gasteiger partial charge >= 0.3 is 0 Å². The zero-order valence-electron chi connectivity index (χ0n) is 13.7. The van der Waals surface area contributed by atoms with E-state index in [0.717, 1.165) is 29.9 Å². The summed E-state index contributed by atoms with van der Waals surface area (Å²) in [4.78, 5) is 2.52. The molecule has 1 N–H and O–H groups in total. The van der Waals surface area contributed by atoms with E-state index in [4.69, 9.17) is 11.6 Å². The molecule has 122 valence electrons. The summed E-state index contributed by atoms with van der Waals surface area (Å²) < 4.78 is 0. The maximum Gasteiger partial charge on any atom is 0.0407 e. The van der Waals surface area contributed by atoms with Crippen LogP contribution >= 0.6 is 11.6 Å². The quantitative estimate of drug-likeness (QED) is 0.863. The van der Waals surface area contributed by atoms with Crippen molar-refractivity contribution in [1.29, 1.82) is 0 Å². The van der Waals surface area contributed by atoms with Gasteiger partial charge in [0.25, 0.3) is 0 Å². The molecule has 2 aliphatic rings. The van der Waals surface area contributed by atoms with E-state index in [2.05, 4.69) is 29.3 Å². The highest BCUT2D eigenvalue weighted by atomic mass is 35.5. The Balaban J connectivity index is 1.54. The fraction of sp³-hybridized carbons (Fsp3) is 0.684. The Bertz CT molecular complexity index is 453. The van der Waals surface area contributed by atoms with Gasteiger partial charge in [0.15, 0.2) is 0 Å². The van der Waals surface area contributed by atoms with Gasteiger partial charge in [-0.3, -0.25) is 0 Å². The zero-order chi connectivity index (χ0) is 15.4. The lowest BCUT2D eigenvalue weighted by Crippen LogP contribution is -2.49. The summed E-state index contributed by atoms with van der Waals surface area (Å²) in [6.45, 7) is 5.87. The number of piperidine rings is 1. The van der Waals surface area contributed by atoms with Gasteiger partial charge in [0, 0.05) is 29.8 Å². The van der Waals surface area contributed by atoms with Crippen molar-refractivity contribution >= 4 is 17.3 Å². The first-order valence-electron chi connectivity index (χ1n) is 8.94. The molecular weight excluding hydrogens is 292 g/mol. The van der Waals surface area contributed by atoms with Gasteiger partial charge in [-0.2, -0.15) is 0 Å². The minimum Gasteiger partial charge on any atom is -0.370 e. The maximum absolute atomic E-state index is 6.01. The van der Waals surface area contributed by atoms with Gasteiger partial charge in [0.1, 0.15) is 0 Å². The topological polar surface area (TPSA) is 15.3 Å². The second kappa shape index (κ2) is 7.70. The molecule has 1 aliphatic carbocycles. The predicted octanol–water partition coefficient (Wildman–Crippen LogP) is 4.72. The fourth-order valence-corrected chi connectivity index (χ4v) is 4.21. The molecule has 1 saturated heterocycles. The Morgan fingerprint density at radius 1 is 1.09 bits per heavy atom. The third-order valence-electron chi connectivity index (χ3n) is 5.27. The van der Waals surface area contributed by atoms with E-state index in [1.807, 2.05) is 12.1 Å². The number of nitrogens with zero attached hydrogens (tertiary/aromatic N) is 1. The molecule has 3 rings (SSSR count). The summed E-state index contributed by atoms with van der Waals surface area (Å²) in [6.07, 6.45) is 8.47. The van der Waals surface area contributed by atoms with Gasteiger partial charge in [-0.1, -0.05) is 37.8 Å². The van der Waals surface area contributed by atoms with Crippen LogP contribution in [0.3, 0.4) is 0 Å².